The van der Waals surface area contributed by atoms with E-state index in [-0.39, 0.29) is 0 Å². The second-order valence-electron chi connectivity index (χ2n) is 7.64. The second kappa shape index (κ2) is 12.3. The topological polar surface area (TPSA) is 91.3 Å². The molecule has 7 heteroatoms. The molecule has 0 radical (unpaired) electrons. The summed E-state index contributed by atoms with van der Waals surface area (Å²) in [6.07, 6.45) is 0. The Bertz CT molecular complexity index is 1100. The van der Waals surface area contributed by atoms with E-state index in [1.807, 2.05) is 60.7 Å². The number of esters is 3. The van der Waals surface area contributed by atoms with Crippen LogP contribution in [0.1, 0.15) is 22.6 Å². The number of rotatable bonds is 9. The molecule has 35 heavy (non-hydrogen) atoms. The Morgan fingerprint density at radius 2 is 1.00 bits per heavy atom. The molecule has 0 saturated heterocycles. The van der Waals surface area contributed by atoms with Crippen LogP contribution in [0, 0.1) is 5.92 Å². The van der Waals surface area contributed by atoms with Gasteiger partial charge in [-0.05, 0) is 5.56 Å². The van der Waals surface area contributed by atoms with Crippen LogP contribution in [0.15, 0.2) is 96.0 Å². The third-order valence-electron chi connectivity index (χ3n) is 5.60. The third-order valence-corrected chi connectivity index (χ3v) is 5.60. The van der Waals surface area contributed by atoms with Crippen LogP contribution in [0.2, 0.25) is 0 Å². The minimum Gasteiger partial charge on any atom is -0.468 e. The lowest BCUT2D eigenvalue weighted by atomic mass is 9.80. The zero-order chi connectivity index (χ0) is 25.2. The monoisotopic (exact) mass is 473 g/mol. The molecule has 0 unspecified atom stereocenters. The van der Waals surface area contributed by atoms with Crippen LogP contribution in [-0.2, 0) is 28.6 Å². The van der Waals surface area contributed by atoms with Gasteiger partial charge in [-0.25, -0.2) is 4.79 Å². The first-order valence-electron chi connectivity index (χ1n) is 11.0. The fourth-order valence-corrected chi connectivity index (χ4v) is 3.92. The standard InChI is InChI=1S/C28H27NO6/c1-33-26(30)23(27(31)34-2)22(19-13-7-4-8-14-19)25(28(32)35-3)29-24(20-15-9-5-10-16-20)21-17-11-6-12-18-21/h4-18,22-23,25H,1-3H3/t22-,25-/m1/s1. The highest BCUT2D eigenvalue weighted by Gasteiger charge is 2.45. The first-order valence-corrected chi connectivity index (χ1v) is 11.0. The average Bonchev–Trinajstić information content (AvgIpc) is 2.93. The number of ether oxygens (including phenoxy) is 3. The van der Waals surface area contributed by atoms with Crippen molar-refractivity contribution in [3.8, 4) is 0 Å². The lowest BCUT2D eigenvalue weighted by molar-refractivity contribution is -0.161. The van der Waals surface area contributed by atoms with Gasteiger partial charge < -0.3 is 14.2 Å². The maximum atomic E-state index is 13.2. The Balaban J connectivity index is 2.30. The highest BCUT2D eigenvalue weighted by molar-refractivity contribution is 6.13. The molecule has 3 rings (SSSR count). The summed E-state index contributed by atoms with van der Waals surface area (Å²) in [7, 11) is 3.59. The summed E-state index contributed by atoms with van der Waals surface area (Å²) in [4.78, 5) is 43.8. The van der Waals surface area contributed by atoms with Gasteiger partial charge in [0.05, 0.1) is 27.0 Å². The Labute approximate surface area is 204 Å². The van der Waals surface area contributed by atoms with Gasteiger partial charge in [-0.3, -0.25) is 14.6 Å². The molecule has 0 saturated carbocycles. The highest BCUT2D eigenvalue weighted by atomic mass is 16.5. The van der Waals surface area contributed by atoms with Crippen LogP contribution in [-0.4, -0.2) is 51.0 Å². The van der Waals surface area contributed by atoms with Gasteiger partial charge in [0.1, 0.15) is 0 Å². The van der Waals surface area contributed by atoms with Crippen LogP contribution < -0.4 is 0 Å². The molecule has 7 nitrogen and oxygen atoms in total. The molecule has 0 heterocycles. The van der Waals surface area contributed by atoms with Crippen LogP contribution >= 0.6 is 0 Å². The number of carbonyl (C=O) groups excluding carboxylic acids is 3. The Morgan fingerprint density at radius 1 is 0.600 bits per heavy atom. The number of aliphatic imine (C=N–C) groups is 1. The van der Waals surface area contributed by atoms with E-state index in [1.54, 1.807) is 30.3 Å². The van der Waals surface area contributed by atoms with Gasteiger partial charge in [-0.1, -0.05) is 91.0 Å². The van der Waals surface area contributed by atoms with E-state index in [9.17, 15) is 14.4 Å². The van der Waals surface area contributed by atoms with Gasteiger partial charge in [0.2, 0.25) is 0 Å². The number of hydrogen-bond acceptors (Lipinski definition) is 7. The summed E-state index contributed by atoms with van der Waals surface area (Å²) in [5, 5.41) is 0. The van der Waals surface area contributed by atoms with Crippen molar-refractivity contribution in [3.05, 3.63) is 108 Å². The van der Waals surface area contributed by atoms with Crippen molar-refractivity contribution in [2.45, 2.75) is 12.0 Å². The van der Waals surface area contributed by atoms with Crippen molar-refractivity contribution in [2.24, 2.45) is 10.9 Å². The van der Waals surface area contributed by atoms with Crippen LogP contribution in [0.3, 0.4) is 0 Å². The van der Waals surface area contributed by atoms with Gasteiger partial charge >= 0.3 is 17.9 Å². The van der Waals surface area contributed by atoms with Crippen LogP contribution in [0.5, 0.6) is 0 Å². The summed E-state index contributed by atoms with van der Waals surface area (Å²) in [5.74, 6) is -4.88. The van der Waals surface area contributed by atoms with E-state index in [4.69, 9.17) is 19.2 Å². The number of methoxy groups -OCH3 is 3. The molecule has 180 valence electrons. The second-order valence-corrected chi connectivity index (χ2v) is 7.64. The molecule has 0 fully saturated rings. The molecule has 3 aromatic rings. The normalized spacial score (nSPS) is 12.2. The number of nitrogens with zero attached hydrogens (tertiary/aromatic N) is 1. The molecular formula is C28H27NO6. The maximum Gasteiger partial charge on any atom is 0.331 e. The molecule has 0 bridgehead atoms. The van der Waals surface area contributed by atoms with Crippen molar-refractivity contribution in [1.29, 1.82) is 0 Å². The van der Waals surface area contributed by atoms with Crippen molar-refractivity contribution < 1.29 is 28.6 Å². The van der Waals surface area contributed by atoms with E-state index < -0.39 is 35.8 Å². The average molecular weight is 474 g/mol. The largest absolute Gasteiger partial charge is 0.468 e. The van der Waals surface area contributed by atoms with E-state index in [2.05, 4.69) is 0 Å². The van der Waals surface area contributed by atoms with E-state index >= 15 is 0 Å². The van der Waals surface area contributed by atoms with Gasteiger partial charge in [0.15, 0.2) is 12.0 Å². The molecule has 0 aliphatic rings. The molecule has 0 N–H and O–H groups in total. The summed E-state index contributed by atoms with van der Waals surface area (Å²) in [5.41, 5.74) is 2.56. The molecule has 0 aromatic heterocycles. The first kappa shape index (κ1) is 25.4. The first-order chi connectivity index (χ1) is 17.0. The lowest BCUT2D eigenvalue weighted by Gasteiger charge is -2.28. The van der Waals surface area contributed by atoms with Crippen molar-refractivity contribution in [3.63, 3.8) is 0 Å². The third kappa shape index (κ3) is 6.00. The highest BCUT2D eigenvalue weighted by Crippen LogP contribution is 2.34. The van der Waals surface area contributed by atoms with Gasteiger partial charge in [0.25, 0.3) is 0 Å². The SMILES string of the molecule is COC(=O)C(C(=O)OC)[C@@H](c1ccccc1)[C@@H](N=C(c1ccccc1)c1ccccc1)C(=O)OC. The predicted molar refractivity (Wildman–Crippen MR) is 131 cm³/mol. The number of hydrogen-bond donors (Lipinski definition) is 0. The Morgan fingerprint density at radius 3 is 1.40 bits per heavy atom. The van der Waals surface area contributed by atoms with Crippen LogP contribution in [0.4, 0.5) is 0 Å². The number of carbonyl (C=O) groups is 3. The molecule has 0 amide bonds. The fourth-order valence-electron chi connectivity index (χ4n) is 3.92. The predicted octanol–water partition coefficient (Wildman–Crippen LogP) is 3.81. The van der Waals surface area contributed by atoms with E-state index in [0.717, 1.165) is 11.1 Å². The van der Waals surface area contributed by atoms with E-state index in [1.165, 1.54) is 21.3 Å². The molecule has 0 spiro atoms. The van der Waals surface area contributed by atoms with Crippen molar-refractivity contribution in [2.75, 3.05) is 21.3 Å². The molecule has 0 aliphatic carbocycles. The molecule has 3 aromatic carbocycles. The molecule has 0 aliphatic heterocycles. The molecular weight excluding hydrogens is 446 g/mol. The minimum atomic E-state index is -1.45. The van der Waals surface area contributed by atoms with Gasteiger partial charge in [-0.15, -0.1) is 0 Å². The summed E-state index contributed by atoms with van der Waals surface area (Å²) in [6.45, 7) is 0. The zero-order valence-corrected chi connectivity index (χ0v) is 19.8. The lowest BCUT2D eigenvalue weighted by Crippen LogP contribution is -2.41. The van der Waals surface area contributed by atoms with Gasteiger partial charge in [-0.2, -0.15) is 0 Å². The zero-order valence-electron chi connectivity index (χ0n) is 19.8. The van der Waals surface area contributed by atoms with Crippen molar-refractivity contribution >= 4 is 23.6 Å². The molecule has 2 atom stereocenters. The van der Waals surface area contributed by atoms with E-state index in [0.29, 0.717) is 11.3 Å². The van der Waals surface area contributed by atoms with Gasteiger partial charge in [0, 0.05) is 17.0 Å². The Kier molecular flexibility index (Phi) is 8.89. The fraction of sp³-hybridized carbons (Fsp3) is 0.214. The quantitative estimate of drug-likeness (QED) is 0.203. The summed E-state index contributed by atoms with van der Waals surface area (Å²) < 4.78 is 15.0. The van der Waals surface area contributed by atoms with Crippen molar-refractivity contribution in [1.82, 2.24) is 0 Å². The minimum absolute atomic E-state index is 0.510. The van der Waals surface area contributed by atoms with Crippen LogP contribution in [0.25, 0.3) is 0 Å². The smallest absolute Gasteiger partial charge is 0.331 e. The Hall–Kier alpha value is -4.26. The summed E-state index contributed by atoms with van der Waals surface area (Å²) in [6, 6.07) is 26.2. The number of benzene rings is 3. The summed E-state index contributed by atoms with van der Waals surface area (Å²) >= 11 is 0. The maximum absolute atomic E-state index is 13.2.